The van der Waals surface area contributed by atoms with Crippen molar-refractivity contribution in [3.8, 4) is 5.75 Å². The van der Waals surface area contributed by atoms with Gasteiger partial charge in [-0.15, -0.1) is 0 Å². The van der Waals surface area contributed by atoms with Gasteiger partial charge in [0.15, 0.2) is 6.61 Å². The Bertz CT molecular complexity index is 1450. The predicted octanol–water partition coefficient (Wildman–Crippen LogP) is 4.29. The number of carbonyl (C=O) groups is 1. The molecule has 200 valence electrons. The summed E-state index contributed by atoms with van der Waals surface area (Å²) in [7, 11) is 0. The van der Waals surface area contributed by atoms with Crippen molar-refractivity contribution in [1.82, 2.24) is 14.6 Å². The summed E-state index contributed by atoms with van der Waals surface area (Å²) in [4.78, 5) is 43.5. The van der Waals surface area contributed by atoms with Crippen LogP contribution in [0.4, 0.5) is 5.69 Å². The average molecular weight is 651 g/mol. The summed E-state index contributed by atoms with van der Waals surface area (Å²) in [5.74, 6) is 0.0383. The number of rotatable bonds is 9. The van der Waals surface area contributed by atoms with E-state index in [1.54, 1.807) is 23.1 Å². The fraction of sp³-hybridized carbons (Fsp3) is 0.360. The second-order valence-electron chi connectivity index (χ2n) is 8.54. The number of halogens is 2. The van der Waals surface area contributed by atoms with Crippen molar-refractivity contribution in [2.24, 2.45) is 5.10 Å². The van der Waals surface area contributed by atoms with Gasteiger partial charge < -0.3 is 14.4 Å². The smallest absolute Gasteiger partial charge is 0.312 e. The molecule has 1 fully saturated rings. The maximum absolute atomic E-state index is 13.4. The fourth-order valence-corrected chi connectivity index (χ4v) is 4.78. The lowest BCUT2D eigenvalue weighted by molar-refractivity contribution is -0.385. The highest BCUT2D eigenvalue weighted by atomic mass is 79.9. The minimum atomic E-state index is -0.593. The van der Waals surface area contributed by atoms with E-state index in [1.165, 1.54) is 17.0 Å². The van der Waals surface area contributed by atoms with Gasteiger partial charge in [0.25, 0.3) is 11.5 Å². The number of unbranched alkanes of at least 4 members (excludes halogenated alkanes) is 1. The minimum absolute atomic E-state index is 0.122. The molecule has 1 amide bonds. The molecule has 1 aromatic heterocycles. The Morgan fingerprint density at radius 1 is 1.24 bits per heavy atom. The summed E-state index contributed by atoms with van der Waals surface area (Å²) in [5.41, 5.74) is 0.0749. The molecule has 0 unspecified atom stereocenters. The summed E-state index contributed by atoms with van der Waals surface area (Å²) in [6, 6.07) is 8.12. The first-order chi connectivity index (χ1) is 18.3. The second kappa shape index (κ2) is 12.6. The first-order valence-corrected chi connectivity index (χ1v) is 13.6. The highest BCUT2D eigenvalue weighted by molar-refractivity contribution is 9.10. The highest BCUT2D eigenvalue weighted by Gasteiger charge is 2.24. The molecule has 2 aromatic carbocycles. The summed E-state index contributed by atoms with van der Waals surface area (Å²) in [6.07, 6.45) is 3.52. The van der Waals surface area contributed by atoms with Crippen LogP contribution in [-0.2, 0) is 16.0 Å². The Morgan fingerprint density at radius 2 is 2.00 bits per heavy atom. The van der Waals surface area contributed by atoms with E-state index in [-0.39, 0.29) is 28.5 Å². The number of amides is 1. The first-order valence-electron chi connectivity index (χ1n) is 12.0. The third-order valence-corrected chi connectivity index (χ3v) is 6.86. The van der Waals surface area contributed by atoms with E-state index in [0.29, 0.717) is 53.9 Å². The molecule has 13 heteroatoms. The van der Waals surface area contributed by atoms with Crippen LogP contribution in [0.2, 0.25) is 0 Å². The summed E-state index contributed by atoms with van der Waals surface area (Å²) in [6.45, 7) is 3.34. The standard InChI is InChI=1S/C25H25Br2N5O6/c1-2-3-4-22-29-20-6-5-17(26)12-19(20)25(34)31(22)28-14-16-11-18(27)13-21(32(35)36)24(16)38-15-23(33)30-7-9-37-10-8-30/h5-6,11-14H,2-4,7-10,15H2,1H3. The number of fused-ring (bicyclic) bond motifs is 1. The van der Waals surface area contributed by atoms with Gasteiger partial charge in [0.05, 0.1) is 35.3 Å². The van der Waals surface area contributed by atoms with Crippen molar-refractivity contribution < 1.29 is 19.2 Å². The molecule has 0 atom stereocenters. The molecule has 0 N–H and O–H groups in total. The van der Waals surface area contributed by atoms with Crippen LogP contribution in [0.25, 0.3) is 10.9 Å². The summed E-state index contributed by atoms with van der Waals surface area (Å²) >= 11 is 6.68. The van der Waals surface area contributed by atoms with Crippen molar-refractivity contribution in [1.29, 1.82) is 0 Å². The fourth-order valence-electron chi connectivity index (χ4n) is 3.96. The molecule has 0 saturated carbocycles. The van der Waals surface area contributed by atoms with Crippen LogP contribution >= 0.6 is 31.9 Å². The van der Waals surface area contributed by atoms with Crippen molar-refractivity contribution in [2.45, 2.75) is 26.2 Å². The zero-order valence-corrected chi connectivity index (χ0v) is 23.7. The van der Waals surface area contributed by atoms with E-state index in [1.807, 2.05) is 13.0 Å². The molecule has 0 radical (unpaired) electrons. The molecule has 11 nitrogen and oxygen atoms in total. The van der Waals surface area contributed by atoms with E-state index in [4.69, 9.17) is 9.47 Å². The lowest BCUT2D eigenvalue weighted by Crippen LogP contribution is -2.43. The van der Waals surface area contributed by atoms with Crippen LogP contribution in [0.1, 0.15) is 31.2 Å². The topological polar surface area (TPSA) is 129 Å². The molecular formula is C25H25Br2N5O6. The predicted molar refractivity (Wildman–Crippen MR) is 149 cm³/mol. The highest BCUT2D eigenvalue weighted by Crippen LogP contribution is 2.34. The number of hydrogen-bond donors (Lipinski definition) is 0. The molecular weight excluding hydrogens is 626 g/mol. The molecule has 38 heavy (non-hydrogen) atoms. The Balaban J connectivity index is 1.74. The quantitative estimate of drug-likeness (QED) is 0.192. The Labute approximate surface area is 234 Å². The number of benzene rings is 2. The van der Waals surface area contributed by atoms with Gasteiger partial charge in [0, 0.05) is 40.1 Å². The third-order valence-electron chi connectivity index (χ3n) is 5.90. The average Bonchev–Trinajstić information content (AvgIpc) is 2.91. The zero-order valence-electron chi connectivity index (χ0n) is 20.6. The Kier molecular flexibility index (Phi) is 9.23. The third kappa shape index (κ3) is 6.45. The summed E-state index contributed by atoms with van der Waals surface area (Å²) in [5, 5.41) is 16.6. The number of aryl methyl sites for hydroxylation is 1. The van der Waals surface area contributed by atoms with E-state index < -0.39 is 11.5 Å². The van der Waals surface area contributed by atoms with Crippen LogP contribution in [0, 0.1) is 10.1 Å². The van der Waals surface area contributed by atoms with E-state index in [9.17, 15) is 19.7 Å². The van der Waals surface area contributed by atoms with Crippen LogP contribution in [0.15, 0.2) is 49.2 Å². The zero-order chi connectivity index (χ0) is 27.2. The van der Waals surface area contributed by atoms with Gasteiger partial charge in [-0.2, -0.15) is 9.78 Å². The SMILES string of the molecule is CCCCc1nc2ccc(Br)cc2c(=O)n1N=Cc1cc(Br)cc([N+](=O)[O-])c1OCC(=O)N1CCOCC1. The van der Waals surface area contributed by atoms with E-state index in [0.717, 1.165) is 17.3 Å². The van der Waals surface area contributed by atoms with Gasteiger partial charge in [-0.3, -0.25) is 19.7 Å². The molecule has 4 rings (SSSR count). The molecule has 0 aliphatic carbocycles. The molecule has 3 aromatic rings. The molecule has 0 spiro atoms. The monoisotopic (exact) mass is 649 g/mol. The van der Waals surface area contributed by atoms with Gasteiger partial charge in [0.1, 0.15) is 5.82 Å². The second-order valence-corrected chi connectivity index (χ2v) is 10.4. The van der Waals surface area contributed by atoms with Crippen LogP contribution < -0.4 is 10.3 Å². The molecule has 1 saturated heterocycles. The minimum Gasteiger partial charge on any atom is -0.476 e. The summed E-state index contributed by atoms with van der Waals surface area (Å²) < 4.78 is 13.3. The number of nitro groups is 1. The molecule has 1 aliphatic rings. The molecule has 2 heterocycles. The lowest BCUT2D eigenvalue weighted by Gasteiger charge is -2.26. The number of morpholine rings is 1. The van der Waals surface area contributed by atoms with Gasteiger partial charge in [-0.1, -0.05) is 45.2 Å². The van der Waals surface area contributed by atoms with Gasteiger partial charge in [0.2, 0.25) is 5.75 Å². The van der Waals surface area contributed by atoms with Crippen LogP contribution in [0.3, 0.4) is 0 Å². The first kappa shape index (κ1) is 27.9. The number of nitro benzene ring substituents is 1. The number of nitrogens with zero attached hydrogens (tertiary/aromatic N) is 5. The largest absolute Gasteiger partial charge is 0.476 e. The van der Waals surface area contributed by atoms with Gasteiger partial charge in [-0.05, 0) is 30.7 Å². The lowest BCUT2D eigenvalue weighted by atomic mass is 10.2. The van der Waals surface area contributed by atoms with Gasteiger partial charge >= 0.3 is 5.69 Å². The number of hydrogen-bond acceptors (Lipinski definition) is 8. The van der Waals surface area contributed by atoms with E-state index in [2.05, 4.69) is 41.9 Å². The Morgan fingerprint density at radius 3 is 2.71 bits per heavy atom. The van der Waals surface area contributed by atoms with Crippen molar-refractivity contribution in [3.63, 3.8) is 0 Å². The van der Waals surface area contributed by atoms with E-state index >= 15 is 0 Å². The maximum atomic E-state index is 13.4. The van der Waals surface area contributed by atoms with Crippen molar-refractivity contribution in [2.75, 3.05) is 32.9 Å². The number of aromatic nitrogens is 2. The van der Waals surface area contributed by atoms with Crippen molar-refractivity contribution >= 4 is 60.6 Å². The normalized spacial score (nSPS) is 13.8. The van der Waals surface area contributed by atoms with Crippen molar-refractivity contribution in [3.05, 3.63) is 71.1 Å². The number of ether oxygens (including phenoxy) is 2. The number of carbonyl (C=O) groups excluding carboxylic acids is 1. The van der Waals surface area contributed by atoms with Crippen LogP contribution in [0.5, 0.6) is 5.75 Å². The molecule has 0 bridgehead atoms. The Hall–Kier alpha value is -3.16. The van der Waals surface area contributed by atoms with Crippen LogP contribution in [-0.4, -0.2) is 64.5 Å². The maximum Gasteiger partial charge on any atom is 0.312 e. The molecule has 1 aliphatic heterocycles. The van der Waals surface area contributed by atoms with Gasteiger partial charge in [-0.25, -0.2) is 4.98 Å².